The smallest absolute Gasteiger partial charge is 0.0973 e. The molecule has 2 atom stereocenters. The topological polar surface area (TPSA) is 47.3 Å². The second-order valence-corrected chi connectivity index (χ2v) is 2.84. The predicted octanol–water partition coefficient (Wildman–Crippen LogP) is 0.601. The van der Waals surface area contributed by atoms with Crippen LogP contribution in [0.2, 0.25) is 0 Å². The predicted molar refractivity (Wildman–Crippen MR) is 44.0 cm³/mol. The Bertz CT molecular complexity index is 140. The van der Waals surface area contributed by atoms with Gasteiger partial charge in [0.2, 0.25) is 0 Å². The van der Waals surface area contributed by atoms with Gasteiger partial charge in [0.1, 0.15) is 0 Å². The van der Waals surface area contributed by atoms with E-state index in [-0.39, 0.29) is 12.1 Å². The molecule has 0 rings (SSSR count). The zero-order chi connectivity index (χ0) is 8.85. The number of aliphatic hydroxyl groups is 1. The lowest BCUT2D eigenvalue weighted by Crippen LogP contribution is -2.35. The van der Waals surface area contributed by atoms with E-state index in [0.29, 0.717) is 6.54 Å². The summed E-state index contributed by atoms with van der Waals surface area (Å²) in [7, 11) is 1.85. The molecule has 3 heteroatoms. The summed E-state index contributed by atoms with van der Waals surface area (Å²) < 4.78 is 0. The summed E-state index contributed by atoms with van der Waals surface area (Å²) in [6.07, 6.45) is 0.446. The molecule has 0 saturated heterocycles. The minimum atomic E-state index is -0.359. The van der Waals surface area contributed by atoms with Crippen molar-refractivity contribution in [3.05, 3.63) is 0 Å². The summed E-state index contributed by atoms with van der Waals surface area (Å²) in [5, 5.41) is 17.6. The first-order valence-electron chi connectivity index (χ1n) is 3.89. The fourth-order valence-corrected chi connectivity index (χ4v) is 1.05. The molecule has 3 nitrogen and oxygen atoms in total. The third-order valence-corrected chi connectivity index (χ3v) is 1.62. The molecule has 0 aliphatic rings. The summed E-state index contributed by atoms with van der Waals surface area (Å²) in [6.45, 7) is 4.25. The highest BCUT2D eigenvalue weighted by Crippen LogP contribution is 2.00. The first-order chi connectivity index (χ1) is 5.11. The summed E-state index contributed by atoms with van der Waals surface area (Å²) in [4.78, 5) is 1.87. The normalized spacial score (nSPS) is 16.0. The van der Waals surface area contributed by atoms with Gasteiger partial charge in [0.05, 0.1) is 18.2 Å². The van der Waals surface area contributed by atoms with E-state index in [1.165, 1.54) is 0 Å². The van der Waals surface area contributed by atoms with Gasteiger partial charge in [-0.2, -0.15) is 5.26 Å². The van der Waals surface area contributed by atoms with Crippen LogP contribution in [0, 0.1) is 11.3 Å². The van der Waals surface area contributed by atoms with Crippen LogP contribution in [-0.2, 0) is 0 Å². The molecule has 1 N–H and O–H groups in total. The van der Waals surface area contributed by atoms with Gasteiger partial charge >= 0.3 is 0 Å². The molecule has 0 amide bonds. The van der Waals surface area contributed by atoms with Crippen LogP contribution in [0.4, 0.5) is 0 Å². The average molecular weight is 156 g/mol. The summed E-state index contributed by atoms with van der Waals surface area (Å²) in [5.74, 6) is 0. The fraction of sp³-hybridized carbons (Fsp3) is 0.875. The summed E-state index contributed by atoms with van der Waals surface area (Å²) in [5.41, 5.74) is 0. The first-order valence-corrected chi connectivity index (χ1v) is 3.89. The van der Waals surface area contributed by atoms with E-state index < -0.39 is 0 Å². The number of hydrogen-bond donors (Lipinski definition) is 1. The number of nitriles is 1. The SMILES string of the molecule is CCC(C#N)N(C)CC(C)O. The van der Waals surface area contributed by atoms with Crippen LogP contribution in [0.3, 0.4) is 0 Å². The van der Waals surface area contributed by atoms with Gasteiger partial charge < -0.3 is 5.11 Å². The lowest BCUT2D eigenvalue weighted by atomic mass is 10.2. The Labute approximate surface area is 68.2 Å². The van der Waals surface area contributed by atoms with E-state index in [9.17, 15) is 0 Å². The molecule has 11 heavy (non-hydrogen) atoms. The molecule has 0 aromatic rings. The van der Waals surface area contributed by atoms with Crippen LogP contribution in [0.15, 0.2) is 0 Å². The number of likely N-dealkylation sites (N-methyl/N-ethyl adjacent to an activating group) is 1. The average Bonchev–Trinajstić information content (AvgIpc) is 1.88. The van der Waals surface area contributed by atoms with E-state index in [0.717, 1.165) is 6.42 Å². The largest absolute Gasteiger partial charge is 0.392 e. The van der Waals surface area contributed by atoms with Gasteiger partial charge in [0.15, 0.2) is 0 Å². The Morgan fingerprint density at radius 2 is 2.18 bits per heavy atom. The van der Waals surface area contributed by atoms with Crippen molar-refractivity contribution in [3.63, 3.8) is 0 Å². The lowest BCUT2D eigenvalue weighted by Gasteiger charge is -2.22. The molecular formula is C8H16N2O. The van der Waals surface area contributed by atoms with Crippen molar-refractivity contribution < 1.29 is 5.11 Å². The fourth-order valence-electron chi connectivity index (χ4n) is 1.05. The molecule has 0 heterocycles. The number of rotatable bonds is 4. The monoisotopic (exact) mass is 156 g/mol. The quantitative estimate of drug-likeness (QED) is 0.648. The van der Waals surface area contributed by atoms with Crippen molar-refractivity contribution in [1.29, 1.82) is 5.26 Å². The standard InChI is InChI=1S/C8H16N2O/c1-4-8(5-9)10(3)6-7(2)11/h7-8,11H,4,6H2,1-3H3. The van der Waals surface area contributed by atoms with Crippen molar-refractivity contribution in [3.8, 4) is 6.07 Å². The highest BCUT2D eigenvalue weighted by molar-refractivity contribution is 4.89. The second kappa shape index (κ2) is 5.11. The molecule has 0 aromatic carbocycles. The van der Waals surface area contributed by atoms with Gasteiger partial charge in [0.25, 0.3) is 0 Å². The molecule has 0 aliphatic heterocycles. The molecule has 0 saturated carbocycles. The van der Waals surface area contributed by atoms with Crippen molar-refractivity contribution in [1.82, 2.24) is 4.90 Å². The Morgan fingerprint density at radius 1 is 1.64 bits per heavy atom. The minimum absolute atomic E-state index is 0.0652. The zero-order valence-corrected chi connectivity index (χ0v) is 7.41. The van der Waals surface area contributed by atoms with E-state index in [1.54, 1.807) is 6.92 Å². The van der Waals surface area contributed by atoms with Crippen LogP contribution in [-0.4, -0.2) is 35.7 Å². The third-order valence-electron chi connectivity index (χ3n) is 1.62. The number of hydrogen-bond acceptors (Lipinski definition) is 3. The van der Waals surface area contributed by atoms with Crippen molar-refractivity contribution in [2.75, 3.05) is 13.6 Å². The van der Waals surface area contributed by atoms with E-state index in [4.69, 9.17) is 10.4 Å². The number of aliphatic hydroxyl groups excluding tert-OH is 1. The van der Waals surface area contributed by atoms with E-state index in [1.807, 2.05) is 18.9 Å². The van der Waals surface area contributed by atoms with Crippen LogP contribution in [0.1, 0.15) is 20.3 Å². The maximum absolute atomic E-state index is 9.01. The molecule has 0 radical (unpaired) electrons. The van der Waals surface area contributed by atoms with Crippen molar-refractivity contribution in [2.45, 2.75) is 32.4 Å². The van der Waals surface area contributed by atoms with Crippen LogP contribution in [0.5, 0.6) is 0 Å². The maximum atomic E-state index is 9.01. The molecule has 0 aromatic heterocycles. The van der Waals surface area contributed by atoms with E-state index in [2.05, 4.69) is 6.07 Å². The molecule has 0 aliphatic carbocycles. The van der Waals surface area contributed by atoms with Gasteiger partial charge in [-0.25, -0.2) is 0 Å². The van der Waals surface area contributed by atoms with Gasteiger partial charge in [-0.05, 0) is 20.4 Å². The minimum Gasteiger partial charge on any atom is -0.392 e. The third kappa shape index (κ3) is 3.97. The molecule has 0 bridgehead atoms. The molecular weight excluding hydrogens is 140 g/mol. The molecule has 2 unspecified atom stereocenters. The van der Waals surface area contributed by atoms with Crippen LogP contribution < -0.4 is 0 Å². The van der Waals surface area contributed by atoms with E-state index >= 15 is 0 Å². The first kappa shape index (κ1) is 10.4. The summed E-state index contributed by atoms with van der Waals surface area (Å²) >= 11 is 0. The highest BCUT2D eigenvalue weighted by atomic mass is 16.3. The summed E-state index contributed by atoms with van der Waals surface area (Å²) in [6, 6.07) is 2.11. The Kier molecular flexibility index (Phi) is 4.84. The van der Waals surface area contributed by atoms with Gasteiger partial charge in [-0.1, -0.05) is 6.92 Å². The highest BCUT2D eigenvalue weighted by Gasteiger charge is 2.12. The Hall–Kier alpha value is -0.590. The van der Waals surface area contributed by atoms with Crippen molar-refractivity contribution in [2.24, 2.45) is 0 Å². The second-order valence-electron chi connectivity index (χ2n) is 2.84. The van der Waals surface area contributed by atoms with Gasteiger partial charge in [-0.15, -0.1) is 0 Å². The molecule has 64 valence electrons. The van der Waals surface area contributed by atoms with Gasteiger partial charge in [-0.3, -0.25) is 4.90 Å². The maximum Gasteiger partial charge on any atom is 0.0973 e. The van der Waals surface area contributed by atoms with Crippen LogP contribution >= 0.6 is 0 Å². The zero-order valence-electron chi connectivity index (χ0n) is 7.41. The van der Waals surface area contributed by atoms with Crippen molar-refractivity contribution >= 4 is 0 Å². The molecule has 0 spiro atoms. The number of nitrogens with zero attached hydrogens (tertiary/aromatic N) is 2. The molecule has 0 fully saturated rings. The van der Waals surface area contributed by atoms with Gasteiger partial charge in [0, 0.05) is 6.54 Å². The Morgan fingerprint density at radius 3 is 2.45 bits per heavy atom. The Balaban J connectivity index is 3.81. The van der Waals surface area contributed by atoms with Crippen LogP contribution in [0.25, 0.3) is 0 Å². The lowest BCUT2D eigenvalue weighted by molar-refractivity contribution is 0.129.